The number of nitrogens with zero attached hydrogens (tertiary/aromatic N) is 3. The molecule has 0 N–H and O–H groups in total. The number of hydrogen-bond acceptors (Lipinski definition) is 2. The van der Waals surface area contributed by atoms with Crippen LogP contribution in [0.2, 0.25) is 0 Å². The van der Waals surface area contributed by atoms with Gasteiger partial charge in [-0.1, -0.05) is 36.4 Å². The van der Waals surface area contributed by atoms with Crippen LogP contribution in [0.25, 0.3) is 38.9 Å². The molecule has 0 aliphatic carbocycles. The smallest absolute Gasteiger partial charge is 0.137 e. The molecule has 0 bridgehead atoms. The predicted octanol–water partition coefficient (Wildman–Crippen LogP) is 5.52. The molecular formula is C23H17N3. The summed E-state index contributed by atoms with van der Waals surface area (Å²) < 4.78 is 2.04. The molecule has 3 heteroatoms. The highest BCUT2D eigenvalue weighted by molar-refractivity contribution is 5.85. The van der Waals surface area contributed by atoms with E-state index in [-0.39, 0.29) is 0 Å². The summed E-state index contributed by atoms with van der Waals surface area (Å²) in [4.78, 5) is 9.40. The van der Waals surface area contributed by atoms with Gasteiger partial charge in [0, 0.05) is 35.1 Å². The highest BCUT2D eigenvalue weighted by atomic mass is 15.0. The van der Waals surface area contributed by atoms with Crippen molar-refractivity contribution in [3.8, 4) is 22.4 Å². The van der Waals surface area contributed by atoms with Gasteiger partial charge in [-0.15, -0.1) is 0 Å². The third-order valence-electron chi connectivity index (χ3n) is 4.79. The normalized spacial score (nSPS) is 11.3. The first-order chi connectivity index (χ1) is 12.8. The molecule has 5 aromatic rings. The molecule has 0 fully saturated rings. The lowest BCUT2D eigenvalue weighted by Gasteiger charge is -2.09. The minimum absolute atomic E-state index is 0.964. The van der Waals surface area contributed by atoms with Crippen LogP contribution < -0.4 is 0 Å². The van der Waals surface area contributed by atoms with Crippen molar-refractivity contribution in [2.24, 2.45) is 0 Å². The molecule has 0 saturated carbocycles. The number of pyridine rings is 1. The highest BCUT2D eigenvalue weighted by Crippen LogP contribution is 2.28. The Bertz CT molecular complexity index is 1240. The van der Waals surface area contributed by atoms with E-state index in [4.69, 9.17) is 4.98 Å². The molecule has 0 aliphatic rings. The van der Waals surface area contributed by atoms with E-state index in [2.05, 4.69) is 66.6 Å². The minimum Gasteiger partial charge on any atom is -0.308 e. The molecule has 0 aliphatic heterocycles. The van der Waals surface area contributed by atoms with E-state index in [0.717, 1.165) is 27.8 Å². The van der Waals surface area contributed by atoms with E-state index in [1.54, 1.807) is 0 Å². The molecule has 0 unspecified atom stereocenters. The van der Waals surface area contributed by atoms with Crippen LogP contribution in [0, 0.1) is 6.92 Å². The Morgan fingerprint density at radius 1 is 0.846 bits per heavy atom. The molecule has 0 radical (unpaired) electrons. The number of benzene rings is 2. The van der Waals surface area contributed by atoms with Crippen molar-refractivity contribution in [2.45, 2.75) is 6.92 Å². The largest absolute Gasteiger partial charge is 0.308 e. The molecule has 0 atom stereocenters. The zero-order chi connectivity index (χ0) is 17.5. The topological polar surface area (TPSA) is 30.2 Å². The van der Waals surface area contributed by atoms with E-state index in [1.807, 2.05) is 35.0 Å². The van der Waals surface area contributed by atoms with Gasteiger partial charge in [0.15, 0.2) is 0 Å². The summed E-state index contributed by atoms with van der Waals surface area (Å²) in [5, 5.41) is 1.11. The Balaban J connectivity index is 1.60. The van der Waals surface area contributed by atoms with Gasteiger partial charge in [0.1, 0.15) is 5.65 Å². The van der Waals surface area contributed by atoms with Crippen molar-refractivity contribution >= 4 is 16.6 Å². The fourth-order valence-corrected chi connectivity index (χ4v) is 3.41. The van der Waals surface area contributed by atoms with Crippen LogP contribution in [0.3, 0.4) is 0 Å². The van der Waals surface area contributed by atoms with Gasteiger partial charge in [-0.05, 0) is 48.4 Å². The monoisotopic (exact) mass is 335 g/mol. The molecule has 26 heavy (non-hydrogen) atoms. The van der Waals surface area contributed by atoms with E-state index in [0.29, 0.717) is 0 Å². The maximum absolute atomic E-state index is 4.72. The van der Waals surface area contributed by atoms with Crippen molar-refractivity contribution < 1.29 is 0 Å². The molecule has 0 saturated heterocycles. The first-order valence-corrected chi connectivity index (χ1v) is 8.68. The molecule has 3 aromatic heterocycles. The van der Waals surface area contributed by atoms with Crippen molar-refractivity contribution in [3.05, 3.63) is 90.9 Å². The lowest BCUT2D eigenvalue weighted by atomic mass is 10.0. The van der Waals surface area contributed by atoms with Crippen molar-refractivity contribution in [1.82, 2.24) is 14.4 Å². The molecule has 5 rings (SSSR count). The molecule has 124 valence electrons. The number of fused-ring (bicyclic) bond motifs is 2. The lowest BCUT2D eigenvalue weighted by molar-refractivity contribution is 1.17. The van der Waals surface area contributed by atoms with E-state index in [1.165, 1.54) is 16.7 Å². The maximum atomic E-state index is 4.72. The summed E-state index contributed by atoms with van der Waals surface area (Å²) in [6.07, 6.45) is 6.11. The van der Waals surface area contributed by atoms with Crippen LogP contribution in [-0.4, -0.2) is 14.4 Å². The molecular weight excluding hydrogens is 318 g/mol. The lowest BCUT2D eigenvalue weighted by Crippen LogP contribution is -1.91. The summed E-state index contributed by atoms with van der Waals surface area (Å²) in [5.41, 5.74) is 7.64. The average Bonchev–Trinajstić information content (AvgIpc) is 3.13. The fraction of sp³-hybridized carbons (Fsp3) is 0.0435. The van der Waals surface area contributed by atoms with Crippen molar-refractivity contribution in [2.75, 3.05) is 0 Å². The van der Waals surface area contributed by atoms with Gasteiger partial charge in [0.25, 0.3) is 0 Å². The van der Waals surface area contributed by atoms with Gasteiger partial charge in [0.2, 0.25) is 0 Å². The SMILES string of the molecule is Cc1cc(-c2ccc3nc4cccn4cc3c2)ncc1-c1ccccc1. The summed E-state index contributed by atoms with van der Waals surface area (Å²) >= 11 is 0. The Labute approximate surface area is 151 Å². The van der Waals surface area contributed by atoms with Crippen LogP contribution in [0.5, 0.6) is 0 Å². The zero-order valence-corrected chi connectivity index (χ0v) is 14.4. The van der Waals surface area contributed by atoms with Crippen LogP contribution in [0.4, 0.5) is 0 Å². The Hall–Kier alpha value is -3.46. The quantitative estimate of drug-likeness (QED) is 0.425. The summed E-state index contributed by atoms with van der Waals surface area (Å²) in [5.74, 6) is 0. The summed E-state index contributed by atoms with van der Waals surface area (Å²) in [6.45, 7) is 2.14. The van der Waals surface area contributed by atoms with Crippen LogP contribution in [0.15, 0.2) is 85.3 Å². The number of rotatable bonds is 2. The predicted molar refractivity (Wildman–Crippen MR) is 106 cm³/mol. The maximum Gasteiger partial charge on any atom is 0.137 e. The number of hydrogen-bond donors (Lipinski definition) is 0. The van der Waals surface area contributed by atoms with Crippen LogP contribution in [0.1, 0.15) is 5.56 Å². The summed E-state index contributed by atoms with van der Waals surface area (Å²) in [7, 11) is 0. The van der Waals surface area contributed by atoms with E-state index >= 15 is 0 Å². The third kappa shape index (κ3) is 2.45. The summed E-state index contributed by atoms with van der Waals surface area (Å²) in [6, 6.07) is 22.9. The number of aromatic nitrogens is 3. The molecule has 3 heterocycles. The second kappa shape index (κ2) is 5.81. The standard InChI is InChI=1S/C23H17N3/c1-16-12-22(24-14-20(16)17-6-3-2-4-7-17)18-9-10-21-19(13-18)15-26-11-5-8-23(26)25-21/h2-15H,1H3. The average molecular weight is 335 g/mol. The first-order valence-electron chi connectivity index (χ1n) is 8.68. The Kier molecular flexibility index (Phi) is 3.32. The van der Waals surface area contributed by atoms with Crippen molar-refractivity contribution in [3.63, 3.8) is 0 Å². The van der Waals surface area contributed by atoms with Gasteiger partial charge in [0.05, 0.1) is 11.2 Å². The van der Waals surface area contributed by atoms with Crippen LogP contribution >= 0.6 is 0 Å². The highest BCUT2D eigenvalue weighted by Gasteiger charge is 2.07. The fourth-order valence-electron chi connectivity index (χ4n) is 3.41. The zero-order valence-electron chi connectivity index (χ0n) is 14.4. The van der Waals surface area contributed by atoms with Gasteiger partial charge in [-0.3, -0.25) is 4.98 Å². The first kappa shape index (κ1) is 14.8. The Morgan fingerprint density at radius 3 is 2.58 bits per heavy atom. The molecule has 3 nitrogen and oxygen atoms in total. The van der Waals surface area contributed by atoms with E-state index in [9.17, 15) is 0 Å². The van der Waals surface area contributed by atoms with Gasteiger partial charge in [-0.25, -0.2) is 4.98 Å². The number of aryl methyl sites for hydroxylation is 1. The van der Waals surface area contributed by atoms with E-state index < -0.39 is 0 Å². The van der Waals surface area contributed by atoms with Gasteiger partial charge < -0.3 is 4.40 Å². The Morgan fingerprint density at radius 2 is 1.73 bits per heavy atom. The second-order valence-electron chi connectivity index (χ2n) is 6.54. The van der Waals surface area contributed by atoms with Crippen LogP contribution in [-0.2, 0) is 0 Å². The third-order valence-corrected chi connectivity index (χ3v) is 4.79. The van der Waals surface area contributed by atoms with Gasteiger partial charge in [-0.2, -0.15) is 0 Å². The van der Waals surface area contributed by atoms with Gasteiger partial charge >= 0.3 is 0 Å². The van der Waals surface area contributed by atoms with Crippen molar-refractivity contribution in [1.29, 1.82) is 0 Å². The minimum atomic E-state index is 0.964. The molecule has 0 spiro atoms. The second-order valence-corrected chi connectivity index (χ2v) is 6.54. The molecule has 2 aromatic carbocycles. The molecule has 0 amide bonds.